The summed E-state index contributed by atoms with van der Waals surface area (Å²) < 4.78 is 0. The standard InChI is InChI=1S/C15H22N4.C9H19N/c1-3-11-4-6-12(7-5-11)19(2)15-13-8-9-16-14(13)17-10-18-15;1-3-8-4-6-9(10-2)7-5-8/h8-12H,3-7H2,1-2H3,(H,16,17,18);8-10H,3-7H2,1-2H3. The van der Waals surface area contributed by atoms with E-state index in [-0.39, 0.29) is 0 Å². The van der Waals surface area contributed by atoms with Gasteiger partial charge in [0, 0.05) is 25.3 Å². The van der Waals surface area contributed by atoms with Crippen LogP contribution in [0.3, 0.4) is 0 Å². The number of fused-ring (bicyclic) bond motifs is 1. The monoisotopic (exact) mass is 399 g/mol. The van der Waals surface area contributed by atoms with E-state index in [0.717, 1.165) is 34.7 Å². The van der Waals surface area contributed by atoms with Crippen LogP contribution in [-0.4, -0.2) is 41.1 Å². The highest BCUT2D eigenvalue weighted by Crippen LogP contribution is 2.32. The maximum Gasteiger partial charge on any atom is 0.142 e. The number of rotatable bonds is 5. The minimum atomic E-state index is 0.621. The van der Waals surface area contributed by atoms with E-state index in [1.54, 1.807) is 6.33 Å². The Morgan fingerprint density at radius 2 is 1.59 bits per heavy atom. The molecule has 0 radical (unpaired) electrons. The van der Waals surface area contributed by atoms with Crippen LogP contribution in [0.15, 0.2) is 18.6 Å². The summed E-state index contributed by atoms with van der Waals surface area (Å²) in [5.74, 6) is 3.03. The zero-order chi connectivity index (χ0) is 20.6. The van der Waals surface area contributed by atoms with Crippen LogP contribution in [0.25, 0.3) is 11.0 Å². The largest absolute Gasteiger partial charge is 0.356 e. The molecule has 5 nitrogen and oxygen atoms in total. The molecule has 2 aromatic rings. The SMILES string of the molecule is CCC1CCC(N(C)c2ncnc3[nH]ccc23)CC1.CCC1CCC(NC)CC1. The van der Waals surface area contributed by atoms with Crippen LogP contribution < -0.4 is 10.2 Å². The zero-order valence-electron chi connectivity index (χ0n) is 19.0. The molecule has 2 heterocycles. The van der Waals surface area contributed by atoms with Crippen molar-refractivity contribution in [3.05, 3.63) is 18.6 Å². The Hall–Kier alpha value is -1.62. The Labute approximate surface area is 177 Å². The van der Waals surface area contributed by atoms with E-state index in [0.29, 0.717) is 6.04 Å². The van der Waals surface area contributed by atoms with Gasteiger partial charge in [0.1, 0.15) is 17.8 Å². The molecule has 0 unspecified atom stereocenters. The van der Waals surface area contributed by atoms with E-state index >= 15 is 0 Å². The summed E-state index contributed by atoms with van der Waals surface area (Å²) in [7, 11) is 4.25. The normalized spacial score (nSPS) is 27.3. The van der Waals surface area contributed by atoms with Gasteiger partial charge in [-0.05, 0) is 76.3 Å². The summed E-state index contributed by atoms with van der Waals surface area (Å²) in [6, 6.07) is 3.51. The van der Waals surface area contributed by atoms with Crippen LogP contribution in [0.1, 0.15) is 78.1 Å². The first kappa shape index (κ1) is 22.1. The van der Waals surface area contributed by atoms with Gasteiger partial charge in [0.25, 0.3) is 0 Å². The van der Waals surface area contributed by atoms with Gasteiger partial charge >= 0.3 is 0 Å². The van der Waals surface area contributed by atoms with Gasteiger partial charge in [-0.15, -0.1) is 0 Å². The van der Waals surface area contributed by atoms with Crippen molar-refractivity contribution < 1.29 is 0 Å². The van der Waals surface area contributed by atoms with Gasteiger partial charge in [-0.3, -0.25) is 0 Å². The molecule has 2 N–H and O–H groups in total. The number of nitrogens with zero attached hydrogens (tertiary/aromatic N) is 3. The van der Waals surface area contributed by atoms with Crippen molar-refractivity contribution in [3.8, 4) is 0 Å². The minimum absolute atomic E-state index is 0.621. The fourth-order valence-corrected chi connectivity index (χ4v) is 5.11. The predicted octanol–water partition coefficient (Wildman–Crippen LogP) is 5.54. The number of hydrogen-bond acceptors (Lipinski definition) is 4. The van der Waals surface area contributed by atoms with Crippen molar-refractivity contribution >= 4 is 16.9 Å². The molecule has 2 aliphatic rings. The first-order chi connectivity index (χ1) is 14.2. The lowest BCUT2D eigenvalue weighted by molar-refractivity contribution is 0.296. The molecular formula is C24H41N5. The molecule has 0 aliphatic heterocycles. The lowest BCUT2D eigenvalue weighted by Gasteiger charge is -2.35. The van der Waals surface area contributed by atoms with Crippen LogP contribution >= 0.6 is 0 Å². The predicted molar refractivity (Wildman–Crippen MR) is 123 cm³/mol. The van der Waals surface area contributed by atoms with E-state index in [2.05, 4.69) is 59.2 Å². The molecule has 2 fully saturated rings. The van der Waals surface area contributed by atoms with Gasteiger partial charge in [-0.1, -0.05) is 26.7 Å². The fourth-order valence-electron chi connectivity index (χ4n) is 5.11. The second-order valence-electron chi connectivity index (χ2n) is 9.05. The quantitative estimate of drug-likeness (QED) is 0.693. The topological polar surface area (TPSA) is 56.8 Å². The maximum absolute atomic E-state index is 4.49. The highest BCUT2D eigenvalue weighted by atomic mass is 15.2. The van der Waals surface area contributed by atoms with E-state index < -0.39 is 0 Å². The van der Waals surface area contributed by atoms with Gasteiger partial charge in [0.05, 0.1) is 5.39 Å². The van der Waals surface area contributed by atoms with Crippen LogP contribution in [0.4, 0.5) is 5.82 Å². The summed E-state index contributed by atoms with van der Waals surface area (Å²) in [5, 5.41) is 4.48. The van der Waals surface area contributed by atoms with Crippen molar-refractivity contribution in [2.24, 2.45) is 11.8 Å². The molecule has 0 atom stereocenters. The highest BCUT2D eigenvalue weighted by Gasteiger charge is 2.25. The second kappa shape index (κ2) is 11.0. The smallest absolute Gasteiger partial charge is 0.142 e. The summed E-state index contributed by atoms with van der Waals surface area (Å²) in [4.78, 5) is 14.3. The molecule has 162 valence electrons. The molecule has 2 aromatic heterocycles. The van der Waals surface area contributed by atoms with Gasteiger partial charge < -0.3 is 15.2 Å². The minimum Gasteiger partial charge on any atom is -0.356 e. The molecule has 2 saturated carbocycles. The van der Waals surface area contributed by atoms with Crippen LogP contribution in [0, 0.1) is 11.8 Å². The number of nitrogens with one attached hydrogen (secondary N) is 2. The van der Waals surface area contributed by atoms with Gasteiger partial charge in [-0.25, -0.2) is 9.97 Å². The summed E-state index contributed by atoms with van der Waals surface area (Å²) >= 11 is 0. The molecule has 0 bridgehead atoms. The summed E-state index contributed by atoms with van der Waals surface area (Å²) in [6.07, 6.45) is 17.3. The maximum atomic E-state index is 4.49. The number of anilines is 1. The number of H-pyrrole nitrogens is 1. The lowest BCUT2D eigenvalue weighted by atomic mass is 9.84. The summed E-state index contributed by atoms with van der Waals surface area (Å²) in [5.41, 5.74) is 0.930. The Bertz CT molecular complexity index is 699. The first-order valence-corrected chi connectivity index (χ1v) is 11.8. The Kier molecular flexibility index (Phi) is 8.34. The Morgan fingerprint density at radius 1 is 0.966 bits per heavy atom. The van der Waals surface area contributed by atoms with E-state index in [9.17, 15) is 0 Å². The van der Waals surface area contributed by atoms with E-state index in [4.69, 9.17) is 0 Å². The van der Waals surface area contributed by atoms with Gasteiger partial charge in [0.15, 0.2) is 0 Å². The third-order valence-electron chi connectivity index (χ3n) is 7.44. The highest BCUT2D eigenvalue weighted by molar-refractivity contribution is 5.87. The third kappa shape index (κ3) is 5.71. The first-order valence-electron chi connectivity index (χ1n) is 11.8. The van der Waals surface area contributed by atoms with Crippen molar-refractivity contribution in [1.82, 2.24) is 20.3 Å². The average molecular weight is 400 g/mol. The lowest BCUT2D eigenvalue weighted by Crippen LogP contribution is -2.35. The number of aromatic nitrogens is 3. The number of aromatic amines is 1. The Balaban J connectivity index is 0.000000204. The van der Waals surface area contributed by atoms with Crippen molar-refractivity contribution in [3.63, 3.8) is 0 Å². The molecule has 0 aromatic carbocycles. The van der Waals surface area contributed by atoms with Crippen LogP contribution in [-0.2, 0) is 0 Å². The molecule has 0 saturated heterocycles. The van der Waals surface area contributed by atoms with Crippen LogP contribution in [0.2, 0.25) is 0 Å². The number of hydrogen-bond donors (Lipinski definition) is 2. The van der Waals surface area contributed by atoms with E-state index in [1.165, 1.54) is 64.2 Å². The average Bonchev–Trinajstić information content (AvgIpc) is 3.28. The van der Waals surface area contributed by atoms with Gasteiger partial charge in [-0.2, -0.15) is 0 Å². The Morgan fingerprint density at radius 3 is 2.17 bits per heavy atom. The van der Waals surface area contributed by atoms with Crippen molar-refractivity contribution in [1.29, 1.82) is 0 Å². The zero-order valence-corrected chi connectivity index (χ0v) is 19.0. The molecule has 5 heteroatoms. The molecule has 4 rings (SSSR count). The summed E-state index contributed by atoms with van der Waals surface area (Å²) in [6.45, 7) is 4.62. The molecule has 29 heavy (non-hydrogen) atoms. The van der Waals surface area contributed by atoms with Crippen LogP contribution in [0.5, 0.6) is 0 Å². The molecular weight excluding hydrogens is 358 g/mol. The van der Waals surface area contributed by atoms with Crippen molar-refractivity contribution in [2.75, 3.05) is 19.0 Å². The van der Waals surface area contributed by atoms with E-state index in [1.807, 2.05) is 6.20 Å². The fraction of sp³-hybridized carbons (Fsp3) is 0.750. The van der Waals surface area contributed by atoms with Crippen molar-refractivity contribution in [2.45, 2.75) is 90.1 Å². The molecule has 0 spiro atoms. The second-order valence-corrected chi connectivity index (χ2v) is 9.05. The molecule has 0 amide bonds. The van der Waals surface area contributed by atoms with Gasteiger partial charge in [0.2, 0.25) is 0 Å². The molecule has 2 aliphatic carbocycles. The third-order valence-corrected chi connectivity index (χ3v) is 7.44.